The Morgan fingerprint density at radius 2 is 1.96 bits per heavy atom. The second-order valence-corrected chi connectivity index (χ2v) is 6.31. The van der Waals surface area contributed by atoms with Crippen LogP contribution in [0.25, 0.3) is 10.9 Å². The fraction of sp³-hybridized carbons (Fsp3) is 0.167. The number of nitrogens with one attached hydrogen (secondary N) is 2. The molecule has 0 aliphatic rings. The Morgan fingerprint density at radius 3 is 2.67 bits per heavy atom. The van der Waals surface area contributed by atoms with Gasteiger partial charge in [-0.1, -0.05) is 23.2 Å². The van der Waals surface area contributed by atoms with Gasteiger partial charge in [0, 0.05) is 22.3 Å². The fourth-order valence-corrected chi connectivity index (χ4v) is 2.95. The monoisotopic (exact) mass is 362 g/mol. The number of anilines is 1. The van der Waals surface area contributed by atoms with Crippen molar-refractivity contribution in [2.24, 2.45) is 0 Å². The fourth-order valence-electron chi connectivity index (χ4n) is 2.66. The molecule has 0 atom stereocenters. The summed E-state index contributed by atoms with van der Waals surface area (Å²) in [5.74, 6) is 0.632. The first kappa shape index (κ1) is 16.7. The van der Waals surface area contributed by atoms with E-state index in [0.717, 1.165) is 27.9 Å². The van der Waals surface area contributed by atoms with Gasteiger partial charge in [0.15, 0.2) is 0 Å². The number of aromatic nitrogens is 1. The Labute approximate surface area is 149 Å². The number of aryl methyl sites for hydroxylation is 1. The molecule has 3 aromatic rings. The molecule has 0 spiro atoms. The van der Waals surface area contributed by atoms with E-state index in [0.29, 0.717) is 15.7 Å². The molecule has 0 aliphatic heterocycles. The lowest BCUT2D eigenvalue weighted by Gasteiger charge is -2.07. The Hall–Kier alpha value is -2.17. The maximum absolute atomic E-state index is 12.4. The van der Waals surface area contributed by atoms with Crippen LogP contribution in [0.15, 0.2) is 36.4 Å². The third kappa shape index (κ3) is 3.35. The minimum atomic E-state index is -0.125. The van der Waals surface area contributed by atoms with E-state index in [1.54, 1.807) is 25.3 Å². The van der Waals surface area contributed by atoms with E-state index in [1.807, 2.05) is 25.1 Å². The highest BCUT2D eigenvalue weighted by Crippen LogP contribution is 2.28. The number of halogens is 2. The SMILES string of the molecule is COc1ccc2[nH]c(C)c(CC(=O)Nc3ccc(Cl)c(Cl)c3)c2c1. The van der Waals surface area contributed by atoms with Crippen LogP contribution in [0.2, 0.25) is 10.0 Å². The van der Waals surface area contributed by atoms with Crippen molar-refractivity contribution in [2.75, 3.05) is 12.4 Å². The minimum Gasteiger partial charge on any atom is -0.497 e. The van der Waals surface area contributed by atoms with E-state index in [1.165, 1.54) is 0 Å². The van der Waals surface area contributed by atoms with Crippen molar-refractivity contribution in [3.63, 3.8) is 0 Å². The van der Waals surface area contributed by atoms with Crippen LogP contribution in [-0.4, -0.2) is 18.0 Å². The lowest BCUT2D eigenvalue weighted by Crippen LogP contribution is -2.14. The maximum atomic E-state index is 12.4. The number of benzene rings is 2. The maximum Gasteiger partial charge on any atom is 0.228 e. The summed E-state index contributed by atoms with van der Waals surface area (Å²) in [6.45, 7) is 1.95. The summed E-state index contributed by atoms with van der Waals surface area (Å²) in [4.78, 5) is 15.7. The van der Waals surface area contributed by atoms with Gasteiger partial charge in [-0.05, 0) is 48.9 Å². The number of aromatic amines is 1. The molecule has 0 saturated carbocycles. The molecule has 3 rings (SSSR count). The molecule has 0 radical (unpaired) electrons. The molecule has 24 heavy (non-hydrogen) atoms. The number of hydrogen-bond acceptors (Lipinski definition) is 2. The normalized spacial score (nSPS) is 10.8. The molecule has 2 N–H and O–H groups in total. The summed E-state index contributed by atoms with van der Waals surface area (Å²) in [7, 11) is 1.62. The van der Waals surface area contributed by atoms with E-state index in [2.05, 4.69) is 10.3 Å². The number of methoxy groups -OCH3 is 1. The van der Waals surface area contributed by atoms with Gasteiger partial charge in [0.1, 0.15) is 5.75 Å². The molecule has 124 valence electrons. The zero-order valence-corrected chi connectivity index (χ0v) is 14.8. The summed E-state index contributed by atoms with van der Waals surface area (Å²) >= 11 is 11.9. The Kier molecular flexibility index (Phi) is 4.69. The van der Waals surface area contributed by atoms with Crippen molar-refractivity contribution in [2.45, 2.75) is 13.3 Å². The molecule has 1 amide bonds. The summed E-state index contributed by atoms with van der Waals surface area (Å²) in [5, 5.41) is 4.68. The standard InChI is InChI=1S/C18H16Cl2N2O2/c1-10-13(14-8-12(24-2)4-6-17(14)21-10)9-18(23)22-11-3-5-15(19)16(20)7-11/h3-8,21H,9H2,1-2H3,(H,22,23). The molecule has 6 heteroatoms. The first-order valence-corrected chi connectivity index (χ1v) is 8.13. The van der Waals surface area contributed by atoms with Crippen molar-refractivity contribution in [3.8, 4) is 5.75 Å². The molecular weight excluding hydrogens is 347 g/mol. The molecule has 1 heterocycles. The van der Waals surface area contributed by atoms with Gasteiger partial charge in [-0.15, -0.1) is 0 Å². The van der Waals surface area contributed by atoms with E-state index in [9.17, 15) is 4.79 Å². The number of carbonyl (C=O) groups excluding carboxylic acids is 1. The average Bonchev–Trinajstić information content (AvgIpc) is 2.86. The van der Waals surface area contributed by atoms with Gasteiger partial charge in [0.2, 0.25) is 5.91 Å². The lowest BCUT2D eigenvalue weighted by atomic mass is 10.1. The lowest BCUT2D eigenvalue weighted by molar-refractivity contribution is -0.115. The highest BCUT2D eigenvalue weighted by Gasteiger charge is 2.14. The van der Waals surface area contributed by atoms with Crippen molar-refractivity contribution in [1.82, 2.24) is 4.98 Å². The Morgan fingerprint density at radius 1 is 1.17 bits per heavy atom. The number of H-pyrrole nitrogens is 1. The molecule has 2 aromatic carbocycles. The molecule has 0 unspecified atom stereocenters. The highest BCUT2D eigenvalue weighted by atomic mass is 35.5. The van der Waals surface area contributed by atoms with Crippen molar-refractivity contribution in [3.05, 3.63) is 57.7 Å². The molecule has 1 aromatic heterocycles. The van der Waals surface area contributed by atoms with Crippen molar-refractivity contribution >= 4 is 45.7 Å². The van der Waals surface area contributed by atoms with Crippen LogP contribution in [0, 0.1) is 6.92 Å². The Balaban J connectivity index is 1.84. The van der Waals surface area contributed by atoms with Gasteiger partial charge < -0.3 is 15.0 Å². The van der Waals surface area contributed by atoms with E-state index >= 15 is 0 Å². The van der Waals surface area contributed by atoms with Crippen LogP contribution in [0.1, 0.15) is 11.3 Å². The van der Waals surface area contributed by atoms with Gasteiger partial charge in [-0.3, -0.25) is 4.79 Å². The highest BCUT2D eigenvalue weighted by molar-refractivity contribution is 6.42. The predicted octanol–water partition coefficient (Wildman–Crippen LogP) is 4.97. The van der Waals surface area contributed by atoms with Crippen LogP contribution in [0.5, 0.6) is 5.75 Å². The van der Waals surface area contributed by atoms with Gasteiger partial charge in [0.05, 0.1) is 23.6 Å². The van der Waals surface area contributed by atoms with Gasteiger partial charge in [0.25, 0.3) is 0 Å². The quantitative estimate of drug-likeness (QED) is 0.687. The van der Waals surface area contributed by atoms with E-state index in [4.69, 9.17) is 27.9 Å². The zero-order valence-electron chi connectivity index (χ0n) is 13.2. The van der Waals surface area contributed by atoms with Crippen molar-refractivity contribution in [1.29, 1.82) is 0 Å². The van der Waals surface area contributed by atoms with Crippen molar-refractivity contribution < 1.29 is 9.53 Å². The van der Waals surface area contributed by atoms with Crippen LogP contribution in [0.3, 0.4) is 0 Å². The first-order chi connectivity index (χ1) is 11.5. The number of amides is 1. The molecule has 0 saturated heterocycles. The minimum absolute atomic E-state index is 0.125. The summed E-state index contributed by atoms with van der Waals surface area (Å²) < 4.78 is 5.27. The summed E-state index contributed by atoms with van der Waals surface area (Å²) in [5.41, 5.74) is 3.50. The Bertz CT molecular complexity index is 919. The molecule has 0 bridgehead atoms. The molecule has 0 aliphatic carbocycles. The largest absolute Gasteiger partial charge is 0.497 e. The van der Waals surface area contributed by atoms with Gasteiger partial charge in [-0.2, -0.15) is 0 Å². The number of rotatable bonds is 4. The van der Waals surface area contributed by atoms with Crippen LogP contribution < -0.4 is 10.1 Å². The second kappa shape index (κ2) is 6.75. The topological polar surface area (TPSA) is 54.1 Å². The molecule has 0 fully saturated rings. The summed E-state index contributed by atoms with van der Waals surface area (Å²) in [6, 6.07) is 10.8. The smallest absolute Gasteiger partial charge is 0.228 e. The predicted molar refractivity (Wildman–Crippen MR) is 98.4 cm³/mol. The number of fused-ring (bicyclic) bond motifs is 1. The van der Waals surface area contributed by atoms with Gasteiger partial charge in [-0.25, -0.2) is 0 Å². The number of hydrogen-bond donors (Lipinski definition) is 2. The van der Waals surface area contributed by atoms with E-state index in [-0.39, 0.29) is 12.3 Å². The van der Waals surface area contributed by atoms with Gasteiger partial charge >= 0.3 is 0 Å². The molecule has 4 nitrogen and oxygen atoms in total. The average molecular weight is 363 g/mol. The molecular formula is C18H16Cl2N2O2. The van der Waals surface area contributed by atoms with E-state index < -0.39 is 0 Å². The summed E-state index contributed by atoms with van der Waals surface area (Å²) in [6.07, 6.45) is 0.249. The van der Waals surface area contributed by atoms with Crippen LogP contribution in [0.4, 0.5) is 5.69 Å². The second-order valence-electron chi connectivity index (χ2n) is 5.49. The third-order valence-corrected chi connectivity index (χ3v) is 4.61. The van der Waals surface area contributed by atoms with Crippen LogP contribution >= 0.6 is 23.2 Å². The number of ether oxygens (including phenoxy) is 1. The first-order valence-electron chi connectivity index (χ1n) is 7.38. The number of carbonyl (C=O) groups is 1. The third-order valence-electron chi connectivity index (χ3n) is 3.87. The van der Waals surface area contributed by atoms with Crippen LogP contribution in [-0.2, 0) is 11.2 Å². The zero-order chi connectivity index (χ0) is 17.3.